The average molecular weight is 298 g/mol. The summed E-state index contributed by atoms with van der Waals surface area (Å²) < 4.78 is 0. The summed E-state index contributed by atoms with van der Waals surface area (Å²) in [4.78, 5) is 4.59. The van der Waals surface area contributed by atoms with E-state index in [1.807, 2.05) is 6.92 Å². The molecule has 0 N–H and O–H groups in total. The Bertz CT molecular complexity index is 202. The van der Waals surface area contributed by atoms with Crippen LogP contribution in [-0.2, 0) is 4.84 Å². The molecule has 1 atom stereocenters. The molecule has 0 amide bonds. The molecule has 2 radical (unpaired) electrons. The zero-order chi connectivity index (χ0) is 15.8. The van der Waals surface area contributed by atoms with Crippen LogP contribution in [0.15, 0.2) is 0 Å². The summed E-state index contributed by atoms with van der Waals surface area (Å²) in [6, 6.07) is 0. The van der Waals surface area contributed by atoms with Crippen molar-refractivity contribution in [2.75, 3.05) is 0 Å². The highest BCUT2D eigenvalue weighted by Crippen LogP contribution is 2.22. The first kappa shape index (κ1) is 20.9. The van der Waals surface area contributed by atoms with Crippen LogP contribution in [0.2, 0.25) is 0 Å². The predicted molar refractivity (Wildman–Crippen MR) is 92.2 cm³/mol. The standard InChI is InChI=1S/C19H39NO/c1-4-6-7-8-9-10-11-12-13-14-15-16-17-18-19(3,5-2)21-20/h4-18H2,1-3H3. The molecular weight excluding hydrogens is 258 g/mol. The zero-order valence-corrected chi connectivity index (χ0v) is 15.0. The van der Waals surface area contributed by atoms with Crippen molar-refractivity contribution in [1.29, 1.82) is 0 Å². The van der Waals surface area contributed by atoms with Crippen molar-refractivity contribution in [3.05, 3.63) is 0 Å². The summed E-state index contributed by atoms with van der Waals surface area (Å²) in [7, 11) is 0. The highest BCUT2D eigenvalue weighted by molar-refractivity contribution is 4.71. The highest BCUT2D eigenvalue weighted by atomic mass is 16.6. The quantitative estimate of drug-likeness (QED) is 0.232. The maximum Gasteiger partial charge on any atom is 0.0904 e. The van der Waals surface area contributed by atoms with Crippen molar-refractivity contribution >= 4 is 0 Å². The van der Waals surface area contributed by atoms with E-state index < -0.39 is 0 Å². The lowest BCUT2D eigenvalue weighted by molar-refractivity contribution is -0.0567. The molecule has 1 unspecified atom stereocenters. The highest BCUT2D eigenvalue weighted by Gasteiger charge is 2.21. The normalized spacial score (nSPS) is 14.3. The van der Waals surface area contributed by atoms with Gasteiger partial charge in [0.05, 0.1) is 5.60 Å². The van der Waals surface area contributed by atoms with E-state index in [1.165, 1.54) is 83.5 Å². The Kier molecular flexibility index (Phi) is 14.8. The Morgan fingerprint density at radius 2 is 1.05 bits per heavy atom. The summed E-state index contributed by atoms with van der Waals surface area (Å²) >= 11 is 0. The molecule has 2 heteroatoms. The van der Waals surface area contributed by atoms with Crippen LogP contribution in [0.4, 0.5) is 0 Å². The number of unbranched alkanes of at least 4 members (excludes halogenated alkanes) is 12. The molecule has 21 heavy (non-hydrogen) atoms. The van der Waals surface area contributed by atoms with Crippen LogP contribution < -0.4 is 5.90 Å². The third kappa shape index (κ3) is 13.3. The molecule has 2 nitrogen and oxygen atoms in total. The SMILES string of the molecule is CCCCCCCCCCCCCCCC(C)(CC)O[N]. The van der Waals surface area contributed by atoms with Crippen LogP contribution in [0.1, 0.15) is 117 Å². The Labute approximate surface area is 134 Å². The molecule has 0 aromatic carbocycles. The molecule has 0 aliphatic rings. The monoisotopic (exact) mass is 297 g/mol. The maximum atomic E-state index is 8.88. The molecule has 0 aromatic rings. The van der Waals surface area contributed by atoms with E-state index in [0.29, 0.717) is 0 Å². The molecule has 0 rings (SSSR count). The van der Waals surface area contributed by atoms with Crippen LogP contribution in [0.25, 0.3) is 0 Å². The molecular formula is C19H39NO. The molecule has 0 heterocycles. The van der Waals surface area contributed by atoms with Crippen molar-refractivity contribution < 1.29 is 4.84 Å². The van der Waals surface area contributed by atoms with Gasteiger partial charge in [0.2, 0.25) is 0 Å². The Morgan fingerprint density at radius 1 is 0.667 bits per heavy atom. The van der Waals surface area contributed by atoms with E-state index in [9.17, 15) is 0 Å². The molecule has 0 aliphatic carbocycles. The van der Waals surface area contributed by atoms with Crippen LogP contribution in [0.5, 0.6) is 0 Å². The summed E-state index contributed by atoms with van der Waals surface area (Å²) in [5.74, 6) is 8.88. The summed E-state index contributed by atoms with van der Waals surface area (Å²) in [5, 5.41) is 0. The first-order valence-electron chi connectivity index (χ1n) is 9.51. The van der Waals surface area contributed by atoms with Gasteiger partial charge >= 0.3 is 0 Å². The summed E-state index contributed by atoms with van der Waals surface area (Å²) in [6.07, 6.45) is 19.8. The molecule has 0 aliphatic heterocycles. The molecule has 0 saturated carbocycles. The topological polar surface area (TPSA) is 31.5 Å². The smallest absolute Gasteiger partial charge is 0.0904 e. The molecule has 0 spiro atoms. The van der Waals surface area contributed by atoms with Crippen LogP contribution in [-0.4, -0.2) is 5.60 Å². The van der Waals surface area contributed by atoms with Gasteiger partial charge < -0.3 is 0 Å². The van der Waals surface area contributed by atoms with E-state index >= 15 is 0 Å². The fourth-order valence-corrected chi connectivity index (χ4v) is 2.80. The minimum Gasteiger partial charge on any atom is -0.257 e. The van der Waals surface area contributed by atoms with Gasteiger partial charge in [0.1, 0.15) is 0 Å². The Hall–Kier alpha value is -0.0800. The number of hydrogen-bond acceptors (Lipinski definition) is 1. The molecule has 0 saturated heterocycles. The van der Waals surface area contributed by atoms with Crippen molar-refractivity contribution in [2.24, 2.45) is 0 Å². The van der Waals surface area contributed by atoms with Gasteiger partial charge in [0.25, 0.3) is 0 Å². The lowest BCUT2D eigenvalue weighted by atomic mass is 9.95. The molecule has 0 bridgehead atoms. The Balaban J connectivity index is 3.16. The number of hydrogen-bond donors (Lipinski definition) is 0. The van der Waals surface area contributed by atoms with E-state index in [4.69, 9.17) is 5.90 Å². The first-order chi connectivity index (χ1) is 10.2. The lowest BCUT2D eigenvalue weighted by Crippen LogP contribution is -2.26. The van der Waals surface area contributed by atoms with Gasteiger partial charge in [0, 0.05) is 5.90 Å². The van der Waals surface area contributed by atoms with Crippen molar-refractivity contribution in [2.45, 2.75) is 123 Å². The van der Waals surface area contributed by atoms with E-state index in [-0.39, 0.29) is 5.60 Å². The summed E-state index contributed by atoms with van der Waals surface area (Å²) in [5.41, 5.74) is -0.322. The minimum atomic E-state index is -0.322. The molecule has 126 valence electrons. The van der Waals surface area contributed by atoms with Crippen molar-refractivity contribution in [1.82, 2.24) is 5.90 Å². The van der Waals surface area contributed by atoms with Gasteiger partial charge in [-0.15, -0.1) is 0 Å². The maximum absolute atomic E-state index is 8.88. The largest absolute Gasteiger partial charge is 0.257 e. The zero-order valence-electron chi connectivity index (χ0n) is 15.0. The van der Waals surface area contributed by atoms with Crippen LogP contribution in [0, 0.1) is 0 Å². The Morgan fingerprint density at radius 3 is 1.38 bits per heavy atom. The van der Waals surface area contributed by atoms with E-state index in [2.05, 4.69) is 18.7 Å². The van der Waals surface area contributed by atoms with Crippen molar-refractivity contribution in [3.63, 3.8) is 0 Å². The first-order valence-corrected chi connectivity index (χ1v) is 9.51. The summed E-state index contributed by atoms with van der Waals surface area (Å²) in [6.45, 7) is 6.34. The number of nitrogens with zero attached hydrogens (tertiary/aromatic N) is 1. The molecule has 0 fully saturated rings. The minimum absolute atomic E-state index is 0.322. The van der Waals surface area contributed by atoms with Crippen LogP contribution >= 0.6 is 0 Å². The van der Waals surface area contributed by atoms with E-state index in [0.717, 1.165) is 12.8 Å². The fraction of sp³-hybridized carbons (Fsp3) is 1.00. The van der Waals surface area contributed by atoms with E-state index in [1.54, 1.807) is 0 Å². The van der Waals surface area contributed by atoms with Gasteiger partial charge in [-0.05, 0) is 19.8 Å². The fourth-order valence-electron chi connectivity index (χ4n) is 2.80. The predicted octanol–water partition coefficient (Wildman–Crippen LogP) is 6.64. The van der Waals surface area contributed by atoms with Gasteiger partial charge in [-0.3, -0.25) is 4.84 Å². The number of rotatable bonds is 16. The average Bonchev–Trinajstić information content (AvgIpc) is 2.51. The third-order valence-corrected chi connectivity index (χ3v) is 4.78. The second kappa shape index (κ2) is 14.8. The lowest BCUT2D eigenvalue weighted by Gasteiger charge is -2.23. The third-order valence-electron chi connectivity index (χ3n) is 4.78. The second-order valence-electron chi connectivity index (χ2n) is 6.89. The van der Waals surface area contributed by atoms with Gasteiger partial charge in [0.15, 0.2) is 0 Å². The van der Waals surface area contributed by atoms with Gasteiger partial charge in [-0.1, -0.05) is 97.3 Å². The molecule has 0 aromatic heterocycles. The van der Waals surface area contributed by atoms with Crippen LogP contribution in [0.3, 0.4) is 0 Å². The van der Waals surface area contributed by atoms with Crippen molar-refractivity contribution in [3.8, 4) is 0 Å². The van der Waals surface area contributed by atoms with Gasteiger partial charge in [-0.2, -0.15) is 0 Å². The van der Waals surface area contributed by atoms with Gasteiger partial charge in [-0.25, -0.2) is 0 Å². The second-order valence-corrected chi connectivity index (χ2v) is 6.89.